The van der Waals surface area contributed by atoms with Gasteiger partial charge in [-0.2, -0.15) is 0 Å². The molecule has 4 nitrogen and oxygen atoms in total. The van der Waals surface area contributed by atoms with Crippen LogP contribution in [0, 0.1) is 0 Å². The Morgan fingerprint density at radius 3 is 2.60 bits per heavy atom. The third kappa shape index (κ3) is 3.27. The maximum absolute atomic E-state index is 6.32. The molecule has 0 spiro atoms. The van der Waals surface area contributed by atoms with Crippen molar-refractivity contribution in [3.63, 3.8) is 0 Å². The van der Waals surface area contributed by atoms with Crippen molar-refractivity contribution in [2.24, 2.45) is 5.73 Å². The van der Waals surface area contributed by atoms with E-state index in [1.165, 1.54) is 0 Å². The molecular weight excluding hydrogens is 252 g/mol. The van der Waals surface area contributed by atoms with E-state index in [1.54, 1.807) is 19.5 Å². The Morgan fingerprint density at radius 1 is 1.15 bits per heavy atom. The van der Waals surface area contributed by atoms with Crippen LogP contribution in [0.25, 0.3) is 0 Å². The van der Waals surface area contributed by atoms with Crippen molar-refractivity contribution >= 4 is 0 Å². The molecule has 1 aromatic heterocycles. The molecule has 0 fully saturated rings. The normalized spacial score (nSPS) is 12.2. The molecule has 2 N–H and O–H groups in total. The lowest BCUT2D eigenvalue weighted by Gasteiger charge is -2.17. The zero-order valence-electron chi connectivity index (χ0n) is 12.0. The van der Waals surface area contributed by atoms with Crippen LogP contribution in [0.5, 0.6) is 11.5 Å². The van der Waals surface area contributed by atoms with E-state index in [4.69, 9.17) is 15.2 Å². The fourth-order valence-corrected chi connectivity index (χ4v) is 2.05. The Labute approximate surface area is 119 Å². The second-order valence-electron chi connectivity index (χ2n) is 4.84. The van der Waals surface area contributed by atoms with Crippen LogP contribution < -0.4 is 15.2 Å². The Morgan fingerprint density at radius 2 is 1.90 bits per heavy atom. The summed E-state index contributed by atoms with van der Waals surface area (Å²) in [7, 11) is 1.64. The molecule has 0 amide bonds. The molecule has 0 bridgehead atoms. The number of rotatable bonds is 5. The van der Waals surface area contributed by atoms with E-state index < -0.39 is 0 Å². The monoisotopic (exact) mass is 272 g/mol. The van der Waals surface area contributed by atoms with Gasteiger partial charge in [0, 0.05) is 11.8 Å². The van der Waals surface area contributed by atoms with Crippen LogP contribution in [0.15, 0.2) is 42.7 Å². The average molecular weight is 272 g/mol. The number of aromatic nitrogens is 1. The summed E-state index contributed by atoms with van der Waals surface area (Å²) in [5.41, 5.74) is 8.14. The zero-order chi connectivity index (χ0) is 14.5. The van der Waals surface area contributed by atoms with Crippen molar-refractivity contribution in [2.45, 2.75) is 26.0 Å². The van der Waals surface area contributed by atoms with Crippen LogP contribution >= 0.6 is 0 Å². The van der Waals surface area contributed by atoms with Crippen LogP contribution in [-0.2, 0) is 0 Å². The first-order valence-corrected chi connectivity index (χ1v) is 6.62. The van der Waals surface area contributed by atoms with Crippen molar-refractivity contribution in [1.29, 1.82) is 0 Å². The van der Waals surface area contributed by atoms with Gasteiger partial charge in [0.1, 0.15) is 11.5 Å². The Hall–Kier alpha value is -2.07. The number of ether oxygens (including phenoxy) is 2. The number of hydrogen-bond donors (Lipinski definition) is 1. The van der Waals surface area contributed by atoms with Gasteiger partial charge in [0.05, 0.1) is 25.5 Å². The lowest BCUT2D eigenvalue weighted by Crippen LogP contribution is -2.14. The third-order valence-electron chi connectivity index (χ3n) is 2.94. The van der Waals surface area contributed by atoms with E-state index in [-0.39, 0.29) is 12.1 Å². The van der Waals surface area contributed by atoms with Gasteiger partial charge in [-0.15, -0.1) is 0 Å². The molecule has 4 heteroatoms. The number of pyridine rings is 1. The molecule has 1 atom stereocenters. The second kappa shape index (κ2) is 6.39. The maximum atomic E-state index is 6.32. The van der Waals surface area contributed by atoms with Gasteiger partial charge in [-0.1, -0.05) is 18.2 Å². The summed E-state index contributed by atoms with van der Waals surface area (Å²) in [6.07, 6.45) is 3.55. The van der Waals surface area contributed by atoms with E-state index in [0.717, 1.165) is 22.6 Å². The largest absolute Gasteiger partial charge is 0.496 e. The van der Waals surface area contributed by atoms with Gasteiger partial charge in [-0.25, -0.2) is 0 Å². The van der Waals surface area contributed by atoms with Crippen molar-refractivity contribution < 1.29 is 9.47 Å². The lowest BCUT2D eigenvalue weighted by molar-refractivity contribution is 0.241. The van der Waals surface area contributed by atoms with Gasteiger partial charge in [0.15, 0.2) is 0 Å². The fourth-order valence-electron chi connectivity index (χ4n) is 2.05. The predicted octanol–water partition coefficient (Wildman–Crippen LogP) is 2.93. The van der Waals surface area contributed by atoms with E-state index in [9.17, 15) is 0 Å². The molecule has 0 saturated heterocycles. The lowest BCUT2D eigenvalue weighted by atomic mass is 10.00. The van der Waals surface area contributed by atoms with Crippen molar-refractivity contribution in [2.75, 3.05) is 7.11 Å². The minimum atomic E-state index is -0.297. The number of methoxy groups -OCH3 is 1. The van der Waals surface area contributed by atoms with Gasteiger partial charge in [0.2, 0.25) is 0 Å². The van der Waals surface area contributed by atoms with Gasteiger partial charge in [0.25, 0.3) is 0 Å². The Kier molecular flexibility index (Phi) is 4.58. The van der Waals surface area contributed by atoms with Crippen LogP contribution in [0.1, 0.15) is 31.0 Å². The Bertz CT molecular complexity index is 570. The number of nitrogens with two attached hydrogens (primary N) is 1. The molecule has 1 heterocycles. The van der Waals surface area contributed by atoms with Crippen molar-refractivity contribution in [1.82, 2.24) is 4.98 Å². The standard InChI is InChI=1S/C16H20N2O2/c1-11(2)20-13-8-12(9-18-10-13)16(17)14-6-4-5-7-15(14)19-3/h4-11,16H,17H2,1-3H3. The first-order valence-electron chi connectivity index (χ1n) is 6.62. The molecule has 1 unspecified atom stereocenters. The highest BCUT2D eigenvalue weighted by molar-refractivity contribution is 5.41. The van der Waals surface area contributed by atoms with E-state index in [1.807, 2.05) is 44.2 Å². The maximum Gasteiger partial charge on any atom is 0.138 e. The molecule has 0 aliphatic rings. The van der Waals surface area contributed by atoms with Gasteiger partial charge in [-0.05, 0) is 31.5 Å². The minimum Gasteiger partial charge on any atom is -0.496 e. The van der Waals surface area contributed by atoms with Crippen LogP contribution in [0.4, 0.5) is 0 Å². The number of nitrogens with zero attached hydrogens (tertiary/aromatic N) is 1. The molecule has 2 rings (SSSR count). The minimum absolute atomic E-state index is 0.106. The molecule has 0 radical (unpaired) electrons. The second-order valence-corrected chi connectivity index (χ2v) is 4.84. The summed E-state index contributed by atoms with van der Waals surface area (Å²) in [6.45, 7) is 3.96. The van der Waals surface area contributed by atoms with Gasteiger partial charge in [-0.3, -0.25) is 4.98 Å². The molecule has 0 saturated carbocycles. The summed E-state index contributed by atoms with van der Waals surface area (Å²) < 4.78 is 11.0. The molecule has 0 aliphatic carbocycles. The highest BCUT2D eigenvalue weighted by Gasteiger charge is 2.14. The van der Waals surface area contributed by atoms with E-state index in [2.05, 4.69) is 4.98 Å². The smallest absolute Gasteiger partial charge is 0.138 e. The molecule has 0 aliphatic heterocycles. The summed E-state index contributed by atoms with van der Waals surface area (Å²) in [4.78, 5) is 4.19. The van der Waals surface area contributed by atoms with Gasteiger partial charge >= 0.3 is 0 Å². The molecular formula is C16H20N2O2. The molecule has 106 valence electrons. The Balaban J connectivity index is 2.30. The van der Waals surface area contributed by atoms with Crippen molar-refractivity contribution in [3.8, 4) is 11.5 Å². The predicted molar refractivity (Wildman–Crippen MR) is 79.0 cm³/mol. The van der Waals surface area contributed by atoms with E-state index in [0.29, 0.717) is 0 Å². The topological polar surface area (TPSA) is 57.4 Å². The molecule has 20 heavy (non-hydrogen) atoms. The SMILES string of the molecule is COc1ccccc1C(N)c1cncc(OC(C)C)c1. The quantitative estimate of drug-likeness (QED) is 0.909. The first kappa shape index (κ1) is 14.3. The third-order valence-corrected chi connectivity index (χ3v) is 2.94. The number of para-hydroxylation sites is 1. The van der Waals surface area contributed by atoms with Crippen LogP contribution in [-0.4, -0.2) is 18.2 Å². The van der Waals surface area contributed by atoms with Crippen LogP contribution in [0.2, 0.25) is 0 Å². The molecule has 2 aromatic rings. The first-order chi connectivity index (χ1) is 9.61. The summed E-state index contributed by atoms with van der Waals surface area (Å²) >= 11 is 0. The van der Waals surface area contributed by atoms with Crippen molar-refractivity contribution in [3.05, 3.63) is 53.9 Å². The highest BCUT2D eigenvalue weighted by Crippen LogP contribution is 2.29. The summed E-state index contributed by atoms with van der Waals surface area (Å²) in [5.74, 6) is 1.50. The van der Waals surface area contributed by atoms with E-state index >= 15 is 0 Å². The average Bonchev–Trinajstić information content (AvgIpc) is 2.46. The zero-order valence-corrected chi connectivity index (χ0v) is 12.0. The number of benzene rings is 1. The summed E-state index contributed by atoms with van der Waals surface area (Å²) in [6, 6.07) is 9.35. The summed E-state index contributed by atoms with van der Waals surface area (Å²) in [5, 5.41) is 0. The number of hydrogen-bond acceptors (Lipinski definition) is 4. The fraction of sp³-hybridized carbons (Fsp3) is 0.312. The molecule has 1 aromatic carbocycles. The van der Waals surface area contributed by atoms with Gasteiger partial charge < -0.3 is 15.2 Å². The van der Waals surface area contributed by atoms with Crippen LogP contribution in [0.3, 0.4) is 0 Å². The highest BCUT2D eigenvalue weighted by atomic mass is 16.5.